The number of piperidine rings is 1. The van der Waals surface area contributed by atoms with E-state index in [1.807, 2.05) is 43.1 Å². The highest BCUT2D eigenvalue weighted by Crippen LogP contribution is 2.33. The maximum Gasteiger partial charge on any atom is 0.270 e. The summed E-state index contributed by atoms with van der Waals surface area (Å²) in [4.78, 5) is 28.0. The first-order chi connectivity index (χ1) is 14.9. The van der Waals surface area contributed by atoms with E-state index in [-0.39, 0.29) is 23.4 Å². The van der Waals surface area contributed by atoms with Crippen LogP contribution in [0.1, 0.15) is 71.8 Å². The van der Waals surface area contributed by atoms with E-state index in [0.29, 0.717) is 24.3 Å². The van der Waals surface area contributed by atoms with Crippen LogP contribution >= 0.6 is 0 Å². The number of carbonyl (C=O) groups is 2. The van der Waals surface area contributed by atoms with E-state index >= 15 is 0 Å². The second-order valence-corrected chi connectivity index (χ2v) is 9.05. The number of nitrogens with one attached hydrogen (secondary N) is 2. The van der Waals surface area contributed by atoms with Crippen LogP contribution in [0.15, 0.2) is 24.4 Å². The first-order valence-corrected chi connectivity index (χ1v) is 11.1. The van der Waals surface area contributed by atoms with Crippen molar-refractivity contribution in [3.63, 3.8) is 0 Å². The van der Waals surface area contributed by atoms with E-state index in [9.17, 15) is 9.59 Å². The van der Waals surface area contributed by atoms with Gasteiger partial charge in [-0.3, -0.25) is 19.4 Å². The fourth-order valence-electron chi connectivity index (χ4n) is 4.97. The zero-order valence-electron chi connectivity index (χ0n) is 18.2. The molecule has 2 aliphatic heterocycles. The van der Waals surface area contributed by atoms with Gasteiger partial charge in [-0.05, 0) is 57.7 Å². The van der Waals surface area contributed by atoms with Crippen LogP contribution in [-0.2, 0) is 12.8 Å². The predicted octanol–water partition coefficient (Wildman–Crippen LogP) is 2.86. The zero-order chi connectivity index (χ0) is 21.8. The first kappa shape index (κ1) is 19.8. The summed E-state index contributed by atoms with van der Waals surface area (Å²) in [6.45, 7) is 7.37. The Kier molecular flexibility index (Phi) is 4.60. The number of aryl methyl sites for hydroxylation is 1. The molecule has 4 heterocycles. The number of likely N-dealkylation sites (tertiary alicyclic amines) is 1. The third kappa shape index (κ3) is 3.21. The molecule has 8 heteroatoms. The molecular weight excluding hydrogens is 392 g/mol. The van der Waals surface area contributed by atoms with Gasteiger partial charge in [0.15, 0.2) is 0 Å². The van der Waals surface area contributed by atoms with Gasteiger partial charge in [0.1, 0.15) is 5.69 Å². The Bertz CT molecular complexity index is 1170. The molecule has 0 bridgehead atoms. The summed E-state index contributed by atoms with van der Waals surface area (Å²) in [5.41, 5.74) is 4.01. The molecule has 3 aromatic rings. The number of nitrogens with zero attached hydrogens (tertiary/aromatic N) is 4. The molecule has 5 rings (SSSR count). The number of H-pyrrole nitrogens is 1. The lowest BCUT2D eigenvalue weighted by atomic mass is 9.79. The second-order valence-electron chi connectivity index (χ2n) is 9.05. The first-order valence-electron chi connectivity index (χ1n) is 11.1. The fraction of sp³-hybridized carbons (Fsp3) is 0.478. The van der Waals surface area contributed by atoms with Gasteiger partial charge >= 0.3 is 0 Å². The van der Waals surface area contributed by atoms with Crippen LogP contribution in [0.4, 0.5) is 0 Å². The minimum absolute atomic E-state index is 0.0375. The molecule has 1 aromatic carbocycles. The minimum atomic E-state index is -0.296. The summed E-state index contributed by atoms with van der Waals surface area (Å²) in [5.74, 6) is -0.0137. The molecule has 2 aromatic heterocycles. The van der Waals surface area contributed by atoms with Crippen molar-refractivity contribution >= 4 is 22.7 Å². The van der Waals surface area contributed by atoms with Crippen molar-refractivity contribution in [2.45, 2.75) is 58.0 Å². The molecule has 2 amide bonds. The van der Waals surface area contributed by atoms with Gasteiger partial charge < -0.3 is 10.2 Å². The number of benzene rings is 1. The summed E-state index contributed by atoms with van der Waals surface area (Å²) in [6, 6.07) is 5.84. The van der Waals surface area contributed by atoms with E-state index < -0.39 is 0 Å². The molecule has 0 atom stereocenters. The van der Waals surface area contributed by atoms with E-state index in [4.69, 9.17) is 0 Å². The molecule has 31 heavy (non-hydrogen) atoms. The number of rotatable bonds is 3. The average molecular weight is 421 g/mol. The Morgan fingerprint density at radius 2 is 2.03 bits per heavy atom. The highest BCUT2D eigenvalue weighted by atomic mass is 16.2. The largest absolute Gasteiger partial charge is 0.345 e. The van der Waals surface area contributed by atoms with Gasteiger partial charge in [0.2, 0.25) is 0 Å². The van der Waals surface area contributed by atoms with Crippen LogP contribution in [0.2, 0.25) is 0 Å². The number of carbonyl (C=O) groups excluding carboxylic acids is 2. The summed E-state index contributed by atoms with van der Waals surface area (Å²) in [6.07, 6.45) is 4.92. The molecule has 1 spiro atoms. The monoisotopic (exact) mass is 420 g/mol. The molecule has 0 aliphatic carbocycles. The van der Waals surface area contributed by atoms with Crippen molar-refractivity contribution in [1.82, 2.24) is 30.2 Å². The average Bonchev–Trinajstić information content (AvgIpc) is 3.37. The lowest BCUT2D eigenvalue weighted by Crippen LogP contribution is -2.59. The maximum atomic E-state index is 13.2. The van der Waals surface area contributed by atoms with Crippen molar-refractivity contribution in [3.8, 4) is 0 Å². The maximum absolute atomic E-state index is 13.2. The molecule has 1 saturated heterocycles. The van der Waals surface area contributed by atoms with Crippen molar-refractivity contribution in [2.75, 3.05) is 13.1 Å². The zero-order valence-corrected chi connectivity index (χ0v) is 18.2. The van der Waals surface area contributed by atoms with Crippen LogP contribution in [0, 0.1) is 0 Å². The normalized spacial score (nSPS) is 17.9. The van der Waals surface area contributed by atoms with Gasteiger partial charge in [0.25, 0.3) is 11.8 Å². The van der Waals surface area contributed by atoms with Gasteiger partial charge in [-0.2, -0.15) is 10.2 Å². The van der Waals surface area contributed by atoms with Crippen molar-refractivity contribution in [1.29, 1.82) is 0 Å². The number of aromatic amines is 1. The molecule has 0 radical (unpaired) electrons. The Morgan fingerprint density at radius 1 is 1.26 bits per heavy atom. The van der Waals surface area contributed by atoms with Crippen LogP contribution in [0.5, 0.6) is 0 Å². The molecular formula is C23H28N6O2. The van der Waals surface area contributed by atoms with Gasteiger partial charge in [-0.25, -0.2) is 0 Å². The summed E-state index contributed by atoms with van der Waals surface area (Å²) in [7, 11) is 0. The van der Waals surface area contributed by atoms with Gasteiger partial charge in [-0.15, -0.1) is 0 Å². The van der Waals surface area contributed by atoms with E-state index in [1.54, 1.807) is 4.68 Å². The standard InChI is InChI=1S/C23H28N6O2/c1-4-18-17-11-15(5-6-19(17)27-26-18)22(31)28-9-7-23(8-10-28)12-16-13-24-29(14(2)3)20(16)21(30)25-23/h5-6,11,13-14H,4,7-10,12H2,1-3H3,(H,25,30)(H,26,27). The Morgan fingerprint density at radius 3 is 2.74 bits per heavy atom. The van der Waals surface area contributed by atoms with E-state index in [1.165, 1.54) is 0 Å². The minimum Gasteiger partial charge on any atom is -0.345 e. The summed E-state index contributed by atoms with van der Waals surface area (Å²) < 4.78 is 1.80. The fourth-order valence-corrected chi connectivity index (χ4v) is 4.97. The predicted molar refractivity (Wildman–Crippen MR) is 117 cm³/mol. The van der Waals surface area contributed by atoms with Crippen molar-refractivity contribution in [3.05, 3.63) is 46.9 Å². The highest BCUT2D eigenvalue weighted by Gasteiger charge is 2.43. The number of amides is 2. The second kappa shape index (κ2) is 7.21. The Labute approximate surface area is 181 Å². The summed E-state index contributed by atoms with van der Waals surface area (Å²) in [5, 5.41) is 16.0. The number of hydrogen-bond donors (Lipinski definition) is 2. The number of fused-ring (bicyclic) bond motifs is 2. The third-order valence-corrected chi connectivity index (χ3v) is 6.72. The smallest absolute Gasteiger partial charge is 0.270 e. The summed E-state index contributed by atoms with van der Waals surface area (Å²) >= 11 is 0. The van der Waals surface area contributed by atoms with Gasteiger partial charge in [0.05, 0.1) is 11.7 Å². The topological polar surface area (TPSA) is 95.9 Å². The quantitative estimate of drug-likeness (QED) is 0.681. The van der Waals surface area contributed by atoms with Crippen LogP contribution in [0.3, 0.4) is 0 Å². The van der Waals surface area contributed by atoms with Gasteiger partial charge in [0, 0.05) is 46.9 Å². The van der Waals surface area contributed by atoms with Crippen LogP contribution < -0.4 is 5.32 Å². The van der Waals surface area contributed by atoms with Crippen molar-refractivity contribution in [2.24, 2.45) is 0 Å². The van der Waals surface area contributed by atoms with E-state index in [0.717, 1.165) is 47.8 Å². The number of hydrogen-bond acceptors (Lipinski definition) is 4. The Balaban J connectivity index is 1.32. The lowest BCUT2D eigenvalue weighted by molar-refractivity contribution is 0.0603. The molecule has 2 aliphatic rings. The number of aromatic nitrogens is 4. The molecule has 2 N–H and O–H groups in total. The Hall–Kier alpha value is -3.16. The SMILES string of the molecule is CCc1[nH]nc2ccc(C(=O)N3CCC4(CC3)Cc3cnn(C(C)C)c3C(=O)N4)cc12. The van der Waals surface area contributed by atoms with Crippen LogP contribution in [-0.4, -0.2) is 55.3 Å². The third-order valence-electron chi connectivity index (χ3n) is 6.72. The molecule has 162 valence electrons. The molecule has 0 unspecified atom stereocenters. The molecule has 8 nitrogen and oxygen atoms in total. The molecule has 0 saturated carbocycles. The van der Waals surface area contributed by atoms with Gasteiger partial charge in [-0.1, -0.05) is 6.92 Å². The highest BCUT2D eigenvalue weighted by molar-refractivity contribution is 5.99. The van der Waals surface area contributed by atoms with Crippen LogP contribution in [0.25, 0.3) is 10.9 Å². The van der Waals surface area contributed by atoms with Crippen molar-refractivity contribution < 1.29 is 9.59 Å². The lowest BCUT2D eigenvalue weighted by Gasteiger charge is -2.44. The molecule has 1 fully saturated rings. The van der Waals surface area contributed by atoms with E-state index in [2.05, 4.69) is 27.5 Å².